The highest BCUT2D eigenvalue weighted by molar-refractivity contribution is 4.89. The summed E-state index contributed by atoms with van der Waals surface area (Å²) in [5.74, 6) is 1.70. The topological polar surface area (TPSA) is 21.3 Å². The zero-order valence-electron chi connectivity index (χ0n) is 6.47. The molecule has 0 spiro atoms. The quantitative estimate of drug-likeness (QED) is 0.609. The molecule has 58 valence electrons. The van der Waals surface area contributed by atoms with E-state index in [0.717, 1.165) is 25.0 Å². The van der Waals surface area contributed by atoms with Crippen molar-refractivity contribution in [3.8, 4) is 0 Å². The van der Waals surface area contributed by atoms with Crippen LogP contribution < -0.4 is 5.32 Å². The van der Waals surface area contributed by atoms with Gasteiger partial charge in [-0.15, -0.1) is 0 Å². The summed E-state index contributed by atoms with van der Waals surface area (Å²) in [7, 11) is 2.02. The molecule has 2 heteroatoms. The predicted octanol–water partition coefficient (Wildman–Crippen LogP) is 0.631. The second-order valence-corrected chi connectivity index (χ2v) is 3.53. The molecule has 0 aromatic rings. The lowest BCUT2D eigenvalue weighted by molar-refractivity contribution is 0.0352. The molecule has 1 saturated heterocycles. The van der Waals surface area contributed by atoms with Crippen LogP contribution in [0.3, 0.4) is 0 Å². The molecule has 3 unspecified atom stereocenters. The molecule has 0 radical (unpaired) electrons. The predicted molar refractivity (Wildman–Crippen MR) is 39.9 cm³/mol. The van der Waals surface area contributed by atoms with Gasteiger partial charge in [0, 0.05) is 13.2 Å². The Morgan fingerprint density at radius 2 is 2.40 bits per heavy atom. The third kappa shape index (κ3) is 0.956. The van der Waals surface area contributed by atoms with E-state index >= 15 is 0 Å². The van der Waals surface area contributed by atoms with E-state index in [4.69, 9.17) is 4.74 Å². The molecular formula is C8H15NO. The monoisotopic (exact) mass is 141 g/mol. The fraction of sp³-hybridized carbons (Fsp3) is 1.00. The summed E-state index contributed by atoms with van der Waals surface area (Å²) in [5, 5.41) is 3.21. The van der Waals surface area contributed by atoms with Gasteiger partial charge in [-0.2, -0.15) is 0 Å². The summed E-state index contributed by atoms with van der Waals surface area (Å²) >= 11 is 0. The van der Waals surface area contributed by atoms with Gasteiger partial charge in [-0.25, -0.2) is 0 Å². The number of nitrogens with one attached hydrogen (secondary N) is 1. The van der Waals surface area contributed by atoms with Crippen molar-refractivity contribution in [1.29, 1.82) is 0 Å². The fourth-order valence-electron chi connectivity index (χ4n) is 2.27. The van der Waals surface area contributed by atoms with E-state index in [9.17, 15) is 0 Å². The summed E-state index contributed by atoms with van der Waals surface area (Å²) in [6.07, 6.45) is 3.31. The van der Waals surface area contributed by atoms with E-state index in [-0.39, 0.29) is 0 Å². The minimum absolute atomic E-state index is 0.595. The molecule has 2 nitrogen and oxygen atoms in total. The van der Waals surface area contributed by atoms with E-state index < -0.39 is 0 Å². The van der Waals surface area contributed by atoms with Crippen molar-refractivity contribution in [1.82, 2.24) is 5.32 Å². The van der Waals surface area contributed by atoms with E-state index in [1.165, 1.54) is 12.8 Å². The average molecular weight is 141 g/mol. The summed E-state index contributed by atoms with van der Waals surface area (Å²) in [4.78, 5) is 0. The summed E-state index contributed by atoms with van der Waals surface area (Å²) in [6.45, 7) is 2.17. The molecular weight excluding hydrogens is 126 g/mol. The maximum Gasteiger partial charge on any atom is 0.0619 e. The van der Waals surface area contributed by atoms with Crippen LogP contribution in [-0.4, -0.2) is 26.3 Å². The Hall–Kier alpha value is -0.0800. The van der Waals surface area contributed by atoms with E-state index in [0.29, 0.717) is 6.10 Å². The Morgan fingerprint density at radius 3 is 2.90 bits per heavy atom. The number of ether oxygens (including phenoxy) is 1. The highest BCUT2D eigenvalue weighted by atomic mass is 16.5. The molecule has 0 aromatic heterocycles. The standard InChI is InChI=1S/C8H15NO/c1-9-4-7-2-6-3-8(7)10-5-6/h6-9H,2-5H2,1H3. The van der Waals surface area contributed by atoms with Crippen molar-refractivity contribution < 1.29 is 4.74 Å². The molecule has 1 aliphatic carbocycles. The van der Waals surface area contributed by atoms with Crippen LogP contribution in [-0.2, 0) is 4.74 Å². The lowest BCUT2D eigenvalue weighted by Crippen LogP contribution is -2.28. The van der Waals surface area contributed by atoms with Crippen molar-refractivity contribution in [3.05, 3.63) is 0 Å². The van der Waals surface area contributed by atoms with Gasteiger partial charge in [0.2, 0.25) is 0 Å². The second-order valence-electron chi connectivity index (χ2n) is 3.53. The molecule has 1 saturated carbocycles. The first-order valence-electron chi connectivity index (χ1n) is 4.16. The largest absolute Gasteiger partial charge is 0.378 e. The normalized spacial score (nSPS) is 44.7. The van der Waals surface area contributed by atoms with Gasteiger partial charge >= 0.3 is 0 Å². The third-order valence-electron chi connectivity index (χ3n) is 2.74. The van der Waals surface area contributed by atoms with E-state index in [2.05, 4.69) is 5.32 Å². The second kappa shape index (κ2) is 2.51. The molecule has 0 aromatic carbocycles. The first-order valence-corrected chi connectivity index (χ1v) is 4.16. The summed E-state index contributed by atoms with van der Waals surface area (Å²) in [5.41, 5.74) is 0. The van der Waals surface area contributed by atoms with E-state index in [1.807, 2.05) is 7.05 Å². The summed E-state index contributed by atoms with van der Waals surface area (Å²) in [6, 6.07) is 0. The molecule has 2 aliphatic rings. The van der Waals surface area contributed by atoms with Gasteiger partial charge in [0.25, 0.3) is 0 Å². The zero-order chi connectivity index (χ0) is 6.97. The Morgan fingerprint density at radius 1 is 1.50 bits per heavy atom. The van der Waals surface area contributed by atoms with Crippen molar-refractivity contribution >= 4 is 0 Å². The van der Waals surface area contributed by atoms with Gasteiger partial charge in [0.15, 0.2) is 0 Å². The lowest BCUT2D eigenvalue weighted by atomic mass is 10.0. The highest BCUT2D eigenvalue weighted by Crippen LogP contribution is 2.39. The van der Waals surface area contributed by atoms with Crippen LogP contribution in [0, 0.1) is 11.8 Å². The molecule has 1 heterocycles. The maximum absolute atomic E-state index is 5.58. The molecule has 3 atom stereocenters. The van der Waals surface area contributed by atoms with Crippen LogP contribution in [0.2, 0.25) is 0 Å². The van der Waals surface area contributed by atoms with Crippen LogP contribution in [0.4, 0.5) is 0 Å². The molecule has 0 amide bonds. The smallest absolute Gasteiger partial charge is 0.0619 e. The first kappa shape index (κ1) is 6.62. The van der Waals surface area contributed by atoms with Crippen LogP contribution >= 0.6 is 0 Å². The van der Waals surface area contributed by atoms with Crippen LogP contribution in [0.5, 0.6) is 0 Å². The fourth-order valence-corrected chi connectivity index (χ4v) is 2.27. The number of fused-ring (bicyclic) bond motifs is 2. The van der Waals surface area contributed by atoms with Crippen LogP contribution in [0.25, 0.3) is 0 Å². The van der Waals surface area contributed by atoms with Gasteiger partial charge < -0.3 is 10.1 Å². The van der Waals surface area contributed by atoms with Crippen LogP contribution in [0.15, 0.2) is 0 Å². The molecule has 2 bridgehead atoms. The molecule has 10 heavy (non-hydrogen) atoms. The Bertz CT molecular complexity index is 126. The van der Waals surface area contributed by atoms with Gasteiger partial charge in [0.05, 0.1) is 6.10 Å². The lowest BCUT2D eigenvalue weighted by Gasteiger charge is -2.21. The molecule has 1 N–H and O–H groups in total. The minimum Gasteiger partial charge on any atom is -0.378 e. The Labute approximate surface area is 61.9 Å². The van der Waals surface area contributed by atoms with Crippen LogP contribution in [0.1, 0.15) is 12.8 Å². The summed E-state index contributed by atoms with van der Waals surface area (Å²) < 4.78 is 5.58. The first-order chi connectivity index (χ1) is 4.90. The number of hydrogen-bond acceptors (Lipinski definition) is 2. The SMILES string of the molecule is CNCC1CC2COC1C2. The van der Waals surface area contributed by atoms with Gasteiger partial charge in [0.1, 0.15) is 0 Å². The Balaban J connectivity index is 1.90. The third-order valence-corrected chi connectivity index (χ3v) is 2.74. The minimum atomic E-state index is 0.595. The Kier molecular flexibility index (Phi) is 1.66. The average Bonchev–Trinajstić information content (AvgIpc) is 2.48. The molecule has 2 rings (SSSR count). The van der Waals surface area contributed by atoms with Gasteiger partial charge in [-0.05, 0) is 31.7 Å². The zero-order valence-corrected chi connectivity index (χ0v) is 6.47. The van der Waals surface area contributed by atoms with Crippen molar-refractivity contribution in [2.75, 3.05) is 20.2 Å². The molecule has 1 aliphatic heterocycles. The van der Waals surface area contributed by atoms with Crippen molar-refractivity contribution in [2.24, 2.45) is 11.8 Å². The van der Waals surface area contributed by atoms with E-state index in [1.54, 1.807) is 0 Å². The number of hydrogen-bond donors (Lipinski definition) is 1. The van der Waals surface area contributed by atoms with Gasteiger partial charge in [-0.3, -0.25) is 0 Å². The van der Waals surface area contributed by atoms with Gasteiger partial charge in [-0.1, -0.05) is 0 Å². The van der Waals surface area contributed by atoms with Crippen molar-refractivity contribution in [3.63, 3.8) is 0 Å². The molecule has 2 fully saturated rings. The van der Waals surface area contributed by atoms with Crippen molar-refractivity contribution in [2.45, 2.75) is 18.9 Å². The maximum atomic E-state index is 5.58. The number of rotatable bonds is 2. The highest BCUT2D eigenvalue weighted by Gasteiger charge is 2.39.